The van der Waals surface area contributed by atoms with Gasteiger partial charge in [0.15, 0.2) is 5.82 Å². The van der Waals surface area contributed by atoms with Gasteiger partial charge in [-0.05, 0) is 65.7 Å². The highest BCUT2D eigenvalue weighted by Gasteiger charge is 2.14. The largest absolute Gasteiger partial charge is 0.388 e. The molecule has 0 aliphatic rings. The molecule has 1 heterocycles. The van der Waals surface area contributed by atoms with Crippen molar-refractivity contribution in [3.8, 4) is 56.2 Å². The molecule has 0 fully saturated rings. The first-order valence-electron chi connectivity index (χ1n) is 14.8. The minimum absolute atomic E-state index is 0.690. The van der Waals surface area contributed by atoms with Crippen LogP contribution >= 0.6 is 0 Å². The molecule has 0 atom stereocenters. The highest BCUT2D eigenvalue weighted by molar-refractivity contribution is 5.85. The van der Waals surface area contributed by atoms with Crippen molar-refractivity contribution in [1.82, 2.24) is 9.97 Å². The zero-order valence-corrected chi connectivity index (χ0v) is 25.4. The summed E-state index contributed by atoms with van der Waals surface area (Å²) in [5.41, 5.74) is 13.5. The number of hydrogen-bond acceptors (Lipinski definition) is 6. The van der Waals surface area contributed by atoms with Gasteiger partial charge in [-0.25, -0.2) is 9.97 Å². The Balaban J connectivity index is 1.50. The van der Waals surface area contributed by atoms with Crippen LogP contribution in [-0.4, -0.2) is 38.2 Å². The molecule has 0 bridgehead atoms. The summed E-state index contributed by atoms with van der Waals surface area (Å²) in [4.78, 5) is 10.2. The van der Waals surface area contributed by atoms with Gasteiger partial charge in [0, 0.05) is 78.8 Å². The maximum atomic E-state index is 5.08. The molecule has 1 aromatic heterocycles. The van der Waals surface area contributed by atoms with Crippen LogP contribution in [0.2, 0.25) is 0 Å². The van der Waals surface area contributed by atoms with Crippen molar-refractivity contribution >= 4 is 22.7 Å². The van der Waals surface area contributed by atoms with Crippen molar-refractivity contribution in [1.29, 1.82) is 0 Å². The zero-order valence-electron chi connectivity index (χ0n) is 25.4. The summed E-state index contributed by atoms with van der Waals surface area (Å²) in [6, 6.07) is 42.0. The summed E-state index contributed by atoms with van der Waals surface area (Å²) in [7, 11) is 7.78. The van der Waals surface area contributed by atoms with Gasteiger partial charge in [-0.15, -0.1) is 0 Å². The van der Waals surface area contributed by atoms with Gasteiger partial charge in [0.2, 0.25) is 0 Å². The van der Waals surface area contributed by atoms with E-state index in [1.54, 1.807) is 0 Å². The molecular formula is C38H36N6. The Hall–Kier alpha value is -5.62. The van der Waals surface area contributed by atoms with Crippen LogP contribution in [0.5, 0.6) is 0 Å². The molecule has 0 radical (unpaired) electrons. The third-order valence-electron chi connectivity index (χ3n) is 7.85. The second-order valence-corrected chi connectivity index (χ2v) is 10.5. The second kappa shape index (κ2) is 12.7. The second-order valence-electron chi connectivity index (χ2n) is 10.5. The molecule has 0 unspecified atom stereocenters. The quantitative estimate of drug-likeness (QED) is 0.138. The van der Waals surface area contributed by atoms with E-state index in [9.17, 15) is 0 Å². The highest BCUT2D eigenvalue weighted by Crippen LogP contribution is 2.36. The summed E-state index contributed by atoms with van der Waals surface area (Å²) >= 11 is 0. The number of nitrogens with zero attached hydrogens (tertiary/aromatic N) is 2. The van der Waals surface area contributed by atoms with E-state index in [2.05, 4.69) is 124 Å². The molecule has 6 rings (SSSR count). The van der Waals surface area contributed by atoms with E-state index < -0.39 is 0 Å². The topological polar surface area (TPSA) is 73.9 Å². The van der Waals surface area contributed by atoms with Gasteiger partial charge in [0.25, 0.3) is 0 Å². The monoisotopic (exact) mass is 576 g/mol. The third-order valence-corrected chi connectivity index (χ3v) is 7.85. The van der Waals surface area contributed by atoms with E-state index in [1.807, 2.05) is 46.4 Å². The van der Waals surface area contributed by atoms with Crippen molar-refractivity contribution in [2.45, 2.75) is 0 Å². The fourth-order valence-corrected chi connectivity index (χ4v) is 5.46. The molecule has 0 saturated heterocycles. The average molecular weight is 577 g/mol. The number of benzene rings is 5. The maximum Gasteiger partial charge on any atom is 0.160 e. The third kappa shape index (κ3) is 5.83. The van der Waals surface area contributed by atoms with Crippen LogP contribution in [0.15, 0.2) is 121 Å². The van der Waals surface area contributed by atoms with E-state index >= 15 is 0 Å². The van der Waals surface area contributed by atoms with Crippen LogP contribution in [-0.2, 0) is 0 Å². The molecule has 6 nitrogen and oxygen atoms in total. The average Bonchev–Trinajstić information content (AvgIpc) is 3.11. The fourth-order valence-electron chi connectivity index (χ4n) is 5.46. The molecule has 0 aliphatic heterocycles. The summed E-state index contributed by atoms with van der Waals surface area (Å²) in [6.07, 6.45) is 0. The summed E-state index contributed by atoms with van der Waals surface area (Å²) in [5, 5.41) is 13.2. The van der Waals surface area contributed by atoms with Crippen molar-refractivity contribution in [2.75, 3.05) is 49.5 Å². The lowest BCUT2D eigenvalue weighted by Crippen LogP contribution is -1.97. The Kier molecular flexibility index (Phi) is 8.23. The van der Waals surface area contributed by atoms with E-state index in [0.717, 1.165) is 73.1 Å². The minimum atomic E-state index is 0.690. The van der Waals surface area contributed by atoms with Crippen molar-refractivity contribution in [3.05, 3.63) is 121 Å². The highest BCUT2D eigenvalue weighted by atomic mass is 14.9. The SMILES string of the molecule is CNc1ccc(NC)c(-c2cccc(-c3cc(-c4cccc(-c5cc(NC)ccc5NC)c4)nc(-c4ccccc4)n3)c2)c1. The lowest BCUT2D eigenvalue weighted by molar-refractivity contribution is 1.18. The smallest absolute Gasteiger partial charge is 0.160 e. The molecule has 0 saturated carbocycles. The van der Waals surface area contributed by atoms with E-state index in [0.29, 0.717) is 5.82 Å². The number of aromatic nitrogens is 2. The van der Waals surface area contributed by atoms with Gasteiger partial charge in [-0.2, -0.15) is 0 Å². The Morgan fingerprint density at radius 2 is 0.841 bits per heavy atom. The number of rotatable bonds is 9. The Labute approximate surface area is 259 Å². The van der Waals surface area contributed by atoms with E-state index in [4.69, 9.17) is 9.97 Å². The fraction of sp³-hybridized carbons (Fsp3) is 0.105. The Morgan fingerprint density at radius 1 is 0.386 bits per heavy atom. The molecule has 4 N–H and O–H groups in total. The Morgan fingerprint density at radius 3 is 1.30 bits per heavy atom. The summed E-state index contributed by atoms with van der Waals surface area (Å²) in [5.74, 6) is 0.690. The van der Waals surface area contributed by atoms with Crippen molar-refractivity contribution < 1.29 is 0 Å². The first kappa shape index (κ1) is 28.5. The van der Waals surface area contributed by atoms with Crippen LogP contribution in [0, 0.1) is 0 Å². The van der Waals surface area contributed by atoms with Crippen LogP contribution in [0.3, 0.4) is 0 Å². The molecule has 44 heavy (non-hydrogen) atoms. The van der Waals surface area contributed by atoms with Gasteiger partial charge in [-0.1, -0.05) is 66.7 Å². The standard InChI is InChI=1S/C38H36N6/c1-39-30-16-18-34(41-3)32(22-30)26-12-8-14-28(20-26)36-24-37(44-38(43-36)25-10-6-5-7-11-25)29-15-9-13-27(21-29)33-23-31(40-2)17-19-35(33)42-4/h5-24,39-42H,1-4H3. The van der Waals surface area contributed by atoms with E-state index in [1.165, 1.54) is 0 Å². The number of nitrogens with one attached hydrogen (secondary N) is 4. The van der Waals surface area contributed by atoms with Crippen molar-refractivity contribution in [3.63, 3.8) is 0 Å². The first-order valence-corrected chi connectivity index (χ1v) is 14.8. The zero-order chi connectivity index (χ0) is 30.5. The summed E-state index contributed by atoms with van der Waals surface area (Å²) < 4.78 is 0. The van der Waals surface area contributed by atoms with Crippen LogP contribution in [0.25, 0.3) is 56.2 Å². The molecule has 5 aromatic carbocycles. The van der Waals surface area contributed by atoms with Crippen LogP contribution in [0.1, 0.15) is 0 Å². The van der Waals surface area contributed by atoms with Gasteiger partial charge in [-0.3, -0.25) is 0 Å². The van der Waals surface area contributed by atoms with Gasteiger partial charge < -0.3 is 21.3 Å². The van der Waals surface area contributed by atoms with Gasteiger partial charge in [0.05, 0.1) is 11.4 Å². The molecule has 0 spiro atoms. The summed E-state index contributed by atoms with van der Waals surface area (Å²) in [6.45, 7) is 0. The normalized spacial score (nSPS) is 10.7. The first-order chi connectivity index (χ1) is 21.6. The molecular weight excluding hydrogens is 540 g/mol. The Bertz CT molecular complexity index is 1800. The molecule has 218 valence electrons. The van der Waals surface area contributed by atoms with Crippen LogP contribution in [0.4, 0.5) is 22.7 Å². The van der Waals surface area contributed by atoms with Crippen LogP contribution < -0.4 is 21.3 Å². The number of anilines is 4. The minimum Gasteiger partial charge on any atom is -0.388 e. The predicted molar refractivity (Wildman–Crippen MR) is 187 cm³/mol. The van der Waals surface area contributed by atoms with Gasteiger partial charge in [0.1, 0.15) is 0 Å². The predicted octanol–water partition coefficient (Wildman–Crippen LogP) is 8.98. The van der Waals surface area contributed by atoms with E-state index in [-0.39, 0.29) is 0 Å². The van der Waals surface area contributed by atoms with Crippen molar-refractivity contribution in [2.24, 2.45) is 0 Å². The lowest BCUT2D eigenvalue weighted by Gasteiger charge is -2.15. The number of hydrogen-bond donors (Lipinski definition) is 4. The molecule has 6 heteroatoms. The molecule has 0 aliphatic carbocycles. The van der Waals surface area contributed by atoms with Gasteiger partial charge >= 0.3 is 0 Å². The molecule has 0 amide bonds. The molecule has 6 aromatic rings. The maximum absolute atomic E-state index is 5.08. The lowest BCUT2D eigenvalue weighted by atomic mass is 9.97.